The van der Waals surface area contributed by atoms with Crippen molar-refractivity contribution in [2.75, 3.05) is 20.6 Å². The summed E-state index contributed by atoms with van der Waals surface area (Å²) in [4.78, 5) is 2.25. The molecular weight excluding hydrogens is 248 g/mol. The minimum atomic E-state index is 0.336. The number of rotatable bonds is 7. The number of likely N-dealkylation sites (N-methyl/N-ethyl adjacent to an activating group) is 1. The van der Waals surface area contributed by atoms with E-state index in [4.69, 9.17) is 0 Å². The summed E-state index contributed by atoms with van der Waals surface area (Å²) in [5.74, 6) is 0.613. The molecule has 2 unspecified atom stereocenters. The Morgan fingerprint density at radius 2 is 1.80 bits per heavy atom. The van der Waals surface area contributed by atoms with Gasteiger partial charge in [-0.3, -0.25) is 4.68 Å². The molecule has 0 aromatic carbocycles. The number of hydrogen-bond acceptors (Lipinski definition) is 3. The monoisotopic (exact) mass is 280 g/mol. The SMILES string of the molecule is CCn1nc(C)c(C(C)NC(CN(C)C)C(C)C)c1C. The van der Waals surface area contributed by atoms with Gasteiger partial charge in [0.15, 0.2) is 0 Å². The topological polar surface area (TPSA) is 33.1 Å². The third kappa shape index (κ3) is 4.06. The van der Waals surface area contributed by atoms with Gasteiger partial charge in [-0.2, -0.15) is 5.10 Å². The average molecular weight is 280 g/mol. The molecule has 0 aliphatic rings. The number of nitrogens with zero attached hydrogens (tertiary/aromatic N) is 3. The number of aryl methyl sites for hydroxylation is 2. The molecule has 0 radical (unpaired) electrons. The minimum absolute atomic E-state index is 0.336. The van der Waals surface area contributed by atoms with Gasteiger partial charge in [0.05, 0.1) is 5.69 Å². The molecule has 0 spiro atoms. The van der Waals surface area contributed by atoms with Gasteiger partial charge in [-0.25, -0.2) is 0 Å². The van der Waals surface area contributed by atoms with Crippen molar-refractivity contribution in [3.8, 4) is 0 Å². The Morgan fingerprint density at radius 3 is 2.20 bits per heavy atom. The molecule has 4 heteroatoms. The van der Waals surface area contributed by atoms with Crippen molar-refractivity contribution in [1.82, 2.24) is 20.0 Å². The lowest BCUT2D eigenvalue weighted by Gasteiger charge is -2.29. The van der Waals surface area contributed by atoms with Crippen LogP contribution in [0.2, 0.25) is 0 Å². The maximum atomic E-state index is 4.63. The first kappa shape index (κ1) is 17.2. The smallest absolute Gasteiger partial charge is 0.0644 e. The minimum Gasteiger partial charge on any atom is -0.308 e. The van der Waals surface area contributed by atoms with Gasteiger partial charge in [0.1, 0.15) is 0 Å². The molecule has 1 aromatic rings. The Labute approximate surface area is 124 Å². The van der Waals surface area contributed by atoms with Crippen LogP contribution in [0.25, 0.3) is 0 Å². The fraction of sp³-hybridized carbons (Fsp3) is 0.812. The standard InChI is InChI=1S/C16H32N4/c1-9-20-14(6)16(13(5)18-20)12(4)17-15(11(2)3)10-19(7)8/h11-12,15,17H,9-10H2,1-8H3. The highest BCUT2D eigenvalue weighted by Crippen LogP contribution is 2.22. The third-order valence-corrected chi connectivity index (χ3v) is 4.00. The predicted octanol–water partition coefficient (Wildman–Crippen LogP) is 2.76. The summed E-state index contributed by atoms with van der Waals surface area (Å²) in [6.45, 7) is 15.2. The zero-order valence-electron chi connectivity index (χ0n) is 14.5. The first-order valence-electron chi connectivity index (χ1n) is 7.72. The van der Waals surface area contributed by atoms with Crippen LogP contribution in [0.3, 0.4) is 0 Å². The molecule has 4 nitrogen and oxygen atoms in total. The quantitative estimate of drug-likeness (QED) is 0.834. The Bertz CT molecular complexity index is 420. The molecule has 20 heavy (non-hydrogen) atoms. The second-order valence-corrected chi connectivity index (χ2v) is 6.40. The van der Waals surface area contributed by atoms with E-state index in [9.17, 15) is 0 Å². The van der Waals surface area contributed by atoms with Crippen LogP contribution in [0.15, 0.2) is 0 Å². The van der Waals surface area contributed by atoms with Gasteiger partial charge in [0.25, 0.3) is 0 Å². The van der Waals surface area contributed by atoms with Crippen molar-refractivity contribution in [2.24, 2.45) is 5.92 Å². The Balaban J connectivity index is 2.88. The molecule has 0 fully saturated rings. The maximum Gasteiger partial charge on any atom is 0.0644 e. The van der Waals surface area contributed by atoms with Gasteiger partial charge in [-0.1, -0.05) is 13.8 Å². The van der Waals surface area contributed by atoms with Crippen molar-refractivity contribution in [3.63, 3.8) is 0 Å². The lowest BCUT2D eigenvalue weighted by molar-refractivity contribution is 0.273. The van der Waals surface area contributed by atoms with E-state index in [1.807, 2.05) is 0 Å². The highest BCUT2D eigenvalue weighted by molar-refractivity contribution is 5.28. The number of aromatic nitrogens is 2. The molecule has 0 amide bonds. The van der Waals surface area contributed by atoms with Gasteiger partial charge >= 0.3 is 0 Å². The molecule has 0 aliphatic heterocycles. The Kier molecular flexibility index (Phi) is 6.21. The first-order chi connectivity index (χ1) is 9.27. The third-order valence-electron chi connectivity index (χ3n) is 4.00. The average Bonchev–Trinajstić information content (AvgIpc) is 2.62. The van der Waals surface area contributed by atoms with Crippen LogP contribution < -0.4 is 5.32 Å². The summed E-state index contributed by atoms with van der Waals surface area (Å²) in [6.07, 6.45) is 0. The normalized spacial score (nSPS) is 15.1. The summed E-state index contributed by atoms with van der Waals surface area (Å²) in [5.41, 5.74) is 3.80. The van der Waals surface area contributed by atoms with Crippen LogP contribution in [0, 0.1) is 19.8 Å². The fourth-order valence-electron chi connectivity index (χ4n) is 2.90. The van der Waals surface area contributed by atoms with Gasteiger partial charge in [-0.15, -0.1) is 0 Å². The van der Waals surface area contributed by atoms with E-state index < -0.39 is 0 Å². The van der Waals surface area contributed by atoms with Crippen LogP contribution >= 0.6 is 0 Å². The molecule has 2 atom stereocenters. The van der Waals surface area contributed by atoms with Crippen LogP contribution in [-0.4, -0.2) is 41.4 Å². The highest BCUT2D eigenvalue weighted by atomic mass is 15.3. The van der Waals surface area contributed by atoms with Crippen LogP contribution in [0.4, 0.5) is 0 Å². The van der Waals surface area contributed by atoms with Crippen molar-refractivity contribution >= 4 is 0 Å². The summed E-state index contributed by atoms with van der Waals surface area (Å²) in [6, 6.07) is 0.825. The van der Waals surface area contributed by atoms with E-state index in [0.29, 0.717) is 18.0 Å². The fourth-order valence-corrected chi connectivity index (χ4v) is 2.90. The summed E-state index contributed by atoms with van der Waals surface area (Å²) in [5, 5.41) is 8.42. The predicted molar refractivity (Wildman–Crippen MR) is 86.1 cm³/mol. The Hall–Kier alpha value is -0.870. The van der Waals surface area contributed by atoms with Gasteiger partial charge < -0.3 is 10.2 Å². The highest BCUT2D eigenvalue weighted by Gasteiger charge is 2.22. The van der Waals surface area contributed by atoms with Crippen molar-refractivity contribution in [1.29, 1.82) is 0 Å². The number of nitrogens with one attached hydrogen (secondary N) is 1. The summed E-state index contributed by atoms with van der Waals surface area (Å²) in [7, 11) is 4.26. The van der Waals surface area contributed by atoms with E-state index in [0.717, 1.165) is 18.8 Å². The van der Waals surface area contributed by atoms with Crippen molar-refractivity contribution in [3.05, 3.63) is 17.0 Å². The molecule has 0 bridgehead atoms. The van der Waals surface area contributed by atoms with Crippen LogP contribution in [-0.2, 0) is 6.54 Å². The zero-order chi connectivity index (χ0) is 15.4. The van der Waals surface area contributed by atoms with E-state index >= 15 is 0 Å². The second-order valence-electron chi connectivity index (χ2n) is 6.40. The van der Waals surface area contributed by atoms with Crippen LogP contribution in [0.5, 0.6) is 0 Å². The second kappa shape index (κ2) is 7.23. The first-order valence-corrected chi connectivity index (χ1v) is 7.72. The molecule has 1 rings (SSSR count). The Morgan fingerprint density at radius 1 is 1.20 bits per heavy atom. The maximum absolute atomic E-state index is 4.63. The molecule has 1 heterocycles. The van der Waals surface area contributed by atoms with Gasteiger partial charge in [0, 0.05) is 36.4 Å². The molecule has 0 saturated carbocycles. The molecular formula is C16H32N4. The molecule has 0 saturated heterocycles. The van der Waals surface area contributed by atoms with E-state index in [1.165, 1.54) is 11.3 Å². The molecule has 1 aromatic heterocycles. The van der Waals surface area contributed by atoms with E-state index in [-0.39, 0.29) is 0 Å². The largest absolute Gasteiger partial charge is 0.308 e. The zero-order valence-corrected chi connectivity index (χ0v) is 14.5. The molecule has 116 valence electrons. The lowest BCUT2D eigenvalue weighted by atomic mass is 10.00. The van der Waals surface area contributed by atoms with Gasteiger partial charge in [-0.05, 0) is 47.7 Å². The van der Waals surface area contributed by atoms with Crippen molar-refractivity contribution < 1.29 is 0 Å². The number of hydrogen-bond donors (Lipinski definition) is 1. The summed E-state index contributed by atoms with van der Waals surface area (Å²) >= 11 is 0. The van der Waals surface area contributed by atoms with Crippen molar-refractivity contribution in [2.45, 2.75) is 60.2 Å². The van der Waals surface area contributed by atoms with E-state index in [2.05, 4.69) is 75.6 Å². The van der Waals surface area contributed by atoms with Crippen LogP contribution in [0.1, 0.15) is 50.7 Å². The van der Waals surface area contributed by atoms with Gasteiger partial charge in [0.2, 0.25) is 0 Å². The van der Waals surface area contributed by atoms with E-state index in [1.54, 1.807) is 0 Å². The molecule has 1 N–H and O–H groups in total. The lowest BCUT2D eigenvalue weighted by Crippen LogP contribution is -2.43. The summed E-state index contributed by atoms with van der Waals surface area (Å²) < 4.78 is 2.10. The molecule has 0 aliphatic carbocycles.